The molecule has 0 aliphatic heterocycles. The van der Waals surface area contributed by atoms with E-state index in [0.717, 1.165) is 25.7 Å². The van der Waals surface area contributed by atoms with Gasteiger partial charge in [0, 0.05) is 5.92 Å². The molecule has 0 aromatic carbocycles. The van der Waals surface area contributed by atoms with Crippen LogP contribution in [0, 0.1) is 5.41 Å². The number of aromatic carboxylic acids is 1. The van der Waals surface area contributed by atoms with E-state index >= 15 is 0 Å². The molecule has 1 fully saturated rings. The summed E-state index contributed by atoms with van der Waals surface area (Å²) >= 11 is 0. The topological polar surface area (TPSA) is 63.3 Å². The zero-order chi connectivity index (χ0) is 13.3. The van der Waals surface area contributed by atoms with Crippen molar-refractivity contribution in [3.8, 4) is 0 Å². The van der Waals surface area contributed by atoms with Crippen LogP contribution in [0.25, 0.3) is 0 Å². The van der Waals surface area contributed by atoms with Crippen LogP contribution in [-0.2, 0) is 6.42 Å². The molecule has 0 bridgehead atoms. The highest BCUT2D eigenvalue weighted by molar-refractivity contribution is 5.85. The summed E-state index contributed by atoms with van der Waals surface area (Å²) in [5.41, 5.74) is 0.967. The summed E-state index contributed by atoms with van der Waals surface area (Å²) < 4.78 is 5.46. The molecule has 1 saturated carbocycles. The van der Waals surface area contributed by atoms with Crippen LogP contribution in [0.2, 0.25) is 0 Å². The van der Waals surface area contributed by atoms with E-state index in [4.69, 9.17) is 9.52 Å². The van der Waals surface area contributed by atoms with Gasteiger partial charge in [-0.25, -0.2) is 9.78 Å². The average Bonchev–Trinajstić information content (AvgIpc) is 2.73. The first kappa shape index (κ1) is 13.1. The van der Waals surface area contributed by atoms with Gasteiger partial charge in [0.25, 0.3) is 0 Å². The van der Waals surface area contributed by atoms with E-state index in [2.05, 4.69) is 18.8 Å². The number of oxazole rings is 1. The molecule has 4 nitrogen and oxygen atoms in total. The smallest absolute Gasteiger partial charge is 0.373 e. The molecule has 0 radical (unpaired) electrons. The van der Waals surface area contributed by atoms with E-state index in [-0.39, 0.29) is 11.7 Å². The fourth-order valence-electron chi connectivity index (χ4n) is 2.60. The number of carboxylic acids is 1. The van der Waals surface area contributed by atoms with Gasteiger partial charge in [0.05, 0.1) is 5.69 Å². The fourth-order valence-corrected chi connectivity index (χ4v) is 2.60. The summed E-state index contributed by atoms with van der Waals surface area (Å²) in [6, 6.07) is 0. The third-order valence-corrected chi connectivity index (χ3v) is 3.93. The minimum absolute atomic E-state index is 0.0253. The Balaban J connectivity index is 2.17. The lowest BCUT2D eigenvalue weighted by molar-refractivity contribution is 0.0656. The standard InChI is InChI=1S/C14H21NO3/c1-4-10-11(13(16)17)18-12(15-10)9-5-7-14(2,3)8-6-9/h9H,4-8H2,1-3H3,(H,16,17). The maximum absolute atomic E-state index is 11.0. The van der Waals surface area contributed by atoms with Crippen LogP contribution in [0.15, 0.2) is 4.42 Å². The van der Waals surface area contributed by atoms with Crippen molar-refractivity contribution in [3.63, 3.8) is 0 Å². The maximum atomic E-state index is 11.0. The first-order valence-corrected chi connectivity index (χ1v) is 6.66. The number of rotatable bonds is 3. The van der Waals surface area contributed by atoms with Crippen molar-refractivity contribution in [2.75, 3.05) is 0 Å². The van der Waals surface area contributed by atoms with Crippen LogP contribution in [0.5, 0.6) is 0 Å². The maximum Gasteiger partial charge on any atom is 0.373 e. The van der Waals surface area contributed by atoms with E-state index in [1.807, 2.05) is 6.92 Å². The first-order chi connectivity index (χ1) is 8.43. The molecule has 1 N–H and O–H groups in total. The number of hydrogen-bond acceptors (Lipinski definition) is 3. The van der Waals surface area contributed by atoms with Crippen LogP contribution < -0.4 is 0 Å². The zero-order valence-electron chi connectivity index (χ0n) is 11.3. The van der Waals surface area contributed by atoms with Gasteiger partial charge in [-0.15, -0.1) is 0 Å². The Morgan fingerprint density at radius 1 is 1.44 bits per heavy atom. The van der Waals surface area contributed by atoms with Crippen molar-refractivity contribution in [1.82, 2.24) is 4.98 Å². The molecule has 1 heterocycles. The number of aromatic nitrogens is 1. The van der Waals surface area contributed by atoms with Gasteiger partial charge in [0.2, 0.25) is 5.76 Å². The van der Waals surface area contributed by atoms with Crippen molar-refractivity contribution < 1.29 is 14.3 Å². The van der Waals surface area contributed by atoms with Gasteiger partial charge < -0.3 is 9.52 Å². The Bertz CT molecular complexity index is 438. The minimum Gasteiger partial charge on any atom is -0.475 e. The van der Waals surface area contributed by atoms with E-state index in [1.54, 1.807) is 0 Å². The van der Waals surface area contributed by atoms with Gasteiger partial charge in [0.15, 0.2) is 5.89 Å². The predicted molar refractivity (Wildman–Crippen MR) is 67.8 cm³/mol. The molecular formula is C14H21NO3. The molecule has 100 valence electrons. The monoisotopic (exact) mass is 251 g/mol. The summed E-state index contributed by atoms with van der Waals surface area (Å²) in [7, 11) is 0. The number of hydrogen-bond donors (Lipinski definition) is 1. The highest BCUT2D eigenvalue weighted by atomic mass is 16.4. The zero-order valence-corrected chi connectivity index (χ0v) is 11.3. The van der Waals surface area contributed by atoms with Crippen molar-refractivity contribution in [3.05, 3.63) is 17.3 Å². The van der Waals surface area contributed by atoms with Crippen molar-refractivity contribution in [2.45, 2.75) is 58.8 Å². The summed E-state index contributed by atoms with van der Waals surface area (Å²) in [6.45, 7) is 6.45. The normalized spacial score (nSPS) is 19.9. The van der Waals surface area contributed by atoms with Gasteiger partial charge in [-0.05, 0) is 37.5 Å². The molecule has 1 aromatic heterocycles. The lowest BCUT2D eigenvalue weighted by Gasteiger charge is -2.32. The second kappa shape index (κ2) is 4.75. The lowest BCUT2D eigenvalue weighted by Crippen LogP contribution is -2.20. The molecule has 0 unspecified atom stereocenters. The van der Waals surface area contributed by atoms with E-state index in [1.165, 1.54) is 0 Å². The molecule has 0 amide bonds. The van der Waals surface area contributed by atoms with Gasteiger partial charge in [-0.1, -0.05) is 20.8 Å². The highest BCUT2D eigenvalue weighted by Crippen LogP contribution is 2.42. The Hall–Kier alpha value is -1.32. The second-order valence-corrected chi connectivity index (χ2v) is 5.93. The SMILES string of the molecule is CCc1nc(C2CCC(C)(C)CC2)oc1C(=O)O. The quantitative estimate of drug-likeness (QED) is 0.891. The number of carbonyl (C=O) groups is 1. The van der Waals surface area contributed by atoms with Crippen molar-refractivity contribution in [2.24, 2.45) is 5.41 Å². The summed E-state index contributed by atoms with van der Waals surface area (Å²) in [5, 5.41) is 9.06. The molecule has 1 aromatic rings. The first-order valence-electron chi connectivity index (χ1n) is 6.66. The van der Waals surface area contributed by atoms with E-state index in [9.17, 15) is 4.79 Å². The number of nitrogens with zero attached hydrogens (tertiary/aromatic N) is 1. The van der Waals surface area contributed by atoms with Gasteiger partial charge in [0.1, 0.15) is 0 Å². The Labute approximate surface area is 107 Å². The lowest BCUT2D eigenvalue weighted by atomic mass is 9.73. The molecule has 4 heteroatoms. The Morgan fingerprint density at radius 3 is 2.50 bits per heavy atom. The molecule has 2 rings (SSSR count). The average molecular weight is 251 g/mol. The van der Waals surface area contributed by atoms with E-state index in [0.29, 0.717) is 23.4 Å². The Kier molecular flexibility index (Phi) is 3.46. The minimum atomic E-state index is -1.01. The Morgan fingerprint density at radius 2 is 2.06 bits per heavy atom. The van der Waals surface area contributed by atoms with Crippen molar-refractivity contribution >= 4 is 5.97 Å². The highest BCUT2D eigenvalue weighted by Gasteiger charge is 2.31. The summed E-state index contributed by atoms with van der Waals surface area (Å²) in [6.07, 6.45) is 4.96. The largest absolute Gasteiger partial charge is 0.475 e. The van der Waals surface area contributed by atoms with E-state index < -0.39 is 5.97 Å². The van der Waals surface area contributed by atoms with Gasteiger partial charge in [-0.3, -0.25) is 0 Å². The molecule has 0 saturated heterocycles. The van der Waals surface area contributed by atoms with Crippen LogP contribution >= 0.6 is 0 Å². The van der Waals surface area contributed by atoms with Crippen molar-refractivity contribution in [1.29, 1.82) is 0 Å². The second-order valence-electron chi connectivity index (χ2n) is 5.93. The van der Waals surface area contributed by atoms with Crippen LogP contribution in [0.3, 0.4) is 0 Å². The summed E-state index contributed by atoms with van der Waals surface area (Å²) in [4.78, 5) is 15.4. The molecule has 0 spiro atoms. The van der Waals surface area contributed by atoms with Crippen LogP contribution in [-0.4, -0.2) is 16.1 Å². The predicted octanol–water partition coefficient (Wildman–Crippen LogP) is 3.62. The third kappa shape index (κ3) is 2.57. The molecule has 1 aliphatic rings. The van der Waals surface area contributed by atoms with Gasteiger partial charge in [-0.2, -0.15) is 0 Å². The van der Waals surface area contributed by atoms with Crippen LogP contribution in [0.1, 0.15) is 74.5 Å². The number of carboxylic acid groups (broad SMARTS) is 1. The van der Waals surface area contributed by atoms with Gasteiger partial charge >= 0.3 is 5.97 Å². The summed E-state index contributed by atoms with van der Waals surface area (Å²) in [5.74, 6) is -0.0738. The fraction of sp³-hybridized carbons (Fsp3) is 0.714. The van der Waals surface area contributed by atoms with Crippen LogP contribution in [0.4, 0.5) is 0 Å². The third-order valence-electron chi connectivity index (χ3n) is 3.93. The molecule has 1 aliphatic carbocycles. The molecule has 0 atom stereocenters. The molecular weight excluding hydrogens is 230 g/mol. The number of aryl methyl sites for hydroxylation is 1. The molecule has 18 heavy (non-hydrogen) atoms.